The van der Waals surface area contributed by atoms with E-state index < -0.39 is 0 Å². The number of rotatable bonds is 5. The highest BCUT2D eigenvalue weighted by Crippen LogP contribution is 2.21. The van der Waals surface area contributed by atoms with Gasteiger partial charge in [-0.05, 0) is 37.8 Å². The van der Waals surface area contributed by atoms with Crippen LogP contribution in [0.15, 0.2) is 35.0 Å². The van der Waals surface area contributed by atoms with Gasteiger partial charge >= 0.3 is 0 Å². The van der Waals surface area contributed by atoms with E-state index in [1.54, 1.807) is 11.3 Å². The maximum Gasteiger partial charge on any atom is 0.249 e. The summed E-state index contributed by atoms with van der Waals surface area (Å²) in [5.41, 5.74) is 4.31. The number of fused-ring (bicyclic) bond motifs is 1. The number of carbonyl (C=O) groups excluding carboxylic acids is 1. The fraction of sp³-hybridized carbons (Fsp3) is 0.318. The summed E-state index contributed by atoms with van der Waals surface area (Å²) in [5.74, 6) is 6.95. The molecular formula is C22H21N3O2S. The number of likely N-dealkylation sites (tertiary alicyclic amines) is 1. The topological polar surface area (TPSA) is 55.3 Å². The van der Waals surface area contributed by atoms with E-state index in [0.717, 1.165) is 42.5 Å². The Balaban J connectivity index is 1.49. The molecule has 1 saturated heterocycles. The number of hydrogen-bond donors (Lipinski definition) is 0. The molecule has 0 N–H and O–H groups in total. The molecule has 0 spiro atoms. The SMILES string of the molecule is Cc1ccc(C#Cc2nc3cscc3nc2OCCCN2CCCC2=O)cc1. The zero-order valence-electron chi connectivity index (χ0n) is 15.8. The van der Waals surface area contributed by atoms with Crippen molar-refractivity contribution >= 4 is 28.3 Å². The van der Waals surface area contributed by atoms with Gasteiger partial charge in [-0.1, -0.05) is 23.6 Å². The Labute approximate surface area is 168 Å². The van der Waals surface area contributed by atoms with Gasteiger partial charge in [-0.25, -0.2) is 9.97 Å². The van der Waals surface area contributed by atoms with Gasteiger partial charge in [-0.15, -0.1) is 11.3 Å². The third-order valence-electron chi connectivity index (χ3n) is 4.64. The zero-order valence-corrected chi connectivity index (χ0v) is 16.6. The zero-order chi connectivity index (χ0) is 19.3. The highest BCUT2D eigenvalue weighted by atomic mass is 32.1. The van der Waals surface area contributed by atoms with Crippen molar-refractivity contribution < 1.29 is 9.53 Å². The molecule has 0 aliphatic carbocycles. The standard InChI is InChI=1S/C22H21N3O2S/c1-16-5-7-17(8-6-16)9-10-18-22(24-20-15-28-14-19(20)23-18)27-13-3-12-25-11-2-4-21(25)26/h5-8,14-15H,2-4,11-13H2,1H3. The van der Waals surface area contributed by atoms with Gasteiger partial charge in [0.2, 0.25) is 11.8 Å². The average molecular weight is 391 g/mol. The molecule has 1 fully saturated rings. The van der Waals surface area contributed by atoms with Crippen LogP contribution in [-0.2, 0) is 4.79 Å². The van der Waals surface area contributed by atoms with Crippen LogP contribution in [0, 0.1) is 18.8 Å². The fourth-order valence-electron chi connectivity index (χ4n) is 3.10. The first kappa shape index (κ1) is 18.5. The molecule has 0 unspecified atom stereocenters. The second-order valence-electron chi connectivity index (χ2n) is 6.82. The Hall–Kier alpha value is -2.91. The number of hydrogen-bond acceptors (Lipinski definition) is 5. The third kappa shape index (κ3) is 4.32. The number of aryl methyl sites for hydroxylation is 1. The number of ether oxygens (including phenoxy) is 1. The molecule has 28 heavy (non-hydrogen) atoms. The van der Waals surface area contributed by atoms with Crippen LogP contribution in [0.4, 0.5) is 0 Å². The molecule has 0 bridgehead atoms. The number of carbonyl (C=O) groups is 1. The highest BCUT2D eigenvalue weighted by Gasteiger charge is 2.19. The van der Waals surface area contributed by atoms with E-state index in [0.29, 0.717) is 24.6 Å². The van der Waals surface area contributed by atoms with Crippen molar-refractivity contribution in [2.24, 2.45) is 0 Å². The number of benzene rings is 1. The van der Waals surface area contributed by atoms with Crippen molar-refractivity contribution in [3.8, 4) is 17.7 Å². The van der Waals surface area contributed by atoms with Crippen LogP contribution < -0.4 is 4.74 Å². The van der Waals surface area contributed by atoms with Crippen LogP contribution in [0.3, 0.4) is 0 Å². The molecule has 1 amide bonds. The van der Waals surface area contributed by atoms with Gasteiger partial charge in [0.15, 0.2) is 5.69 Å². The maximum atomic E-state index is 11.7. The molecule has 142 valence electrons. The van der Waals surface area contributed by atoms with Crippen LogP contribution in [0.2, 0.25) is 0 Å². The van der Waals surface area contributed by atoms with Crippen LogP contribution in [0.5, 0.6) is 5.88 Å². The van der Waals surface area contributed by atoms with E-state index in [2.05, 4.69) is 28.7 Å². The number of amides is 1. The van der Waals surface area contributed by atoms with Gasteiger partial charge in [0.05, 0.1) is 6.61 Å². The second kappa shape index (κ2) is 8.41. The molecule has 1 aliphatic rings. The molecule has 0 saturated carbocycles. The van der Waals surface area contributed by atoms with Gasteiger partial charge in [0, 0.05) is 35.8 Å². The number of thiophene rings is 1. The smallest absolute Gasteiger partial charge is 0.249 e. The van der Waals surface area contributed by atoms with Gasteiger partial charge in [0.25, 0.3) is 0 Å². The summed E-state index contributed by atoms with van der Waals surface area (Å²) in [6, 6.07) is 8.06. The largest absolute Gasteiger partial charge is 0.476 e. The van der Waals surface area contributed by atoms with E-state index in [1.165, 1.54) is 5.56 Å². The number of aromatic nitrogens is 2. The van der Waals surface area contributed by atoms with Crippen molar-refractivity contribution in [1.82, 2.24) is 14.9 Å². The van der Waals surface area contributed by atoms with Crippen LogP contribution >= 0.6 is 11.3 Å². The molecule has 3 aromatic rings. The Bertz CT molecular complexity index is 1050. The molecule has 3 heterocycles. The lowest BCUT2D eigenvalue weighted by Crippen LogP contribution is -2.26. The summed E-state index contributed by atoms with van der Waals surface area (Å²) in [7, 11) is 0. The van der Waals surface area contributed by atoms with E-state index in [4.69, 9.17) is 4.74 Å². The Morgan fingerprint density at radius 2 is 1.93 bits per heavy atom. The average Bonchev–Trinajstić information content (AvgIpc) is 3.32. The molecule has 4 rings (SSSR count). The molecule has 0 atom stereocenters. The predicted molar refractivity (Wildman–Crippen MR) is 111 cm³/mol. The summed E-state index contributed by atoms with van der Waals surface area (Å²) in [5, 5.41) is 3.91. The molecule has 0 radical (unpaired) electrons. The predicted octanol–water partition coefficient (Wildman–Crippen LogP) is 3.79. The fourth-order valence-corrected chi connectivity index (χ4v) is 3.77. The summed E-state index contributed by atoms with van der Waals surface area (Å²) in [6.07, 6.45) is 2.39. The Morgan fingerprint density at radius 3 is 2.68 bits per heavy atom. The quantitative estimate of drug-likeness (QED) is 0.490. The molecule has 5 nitrogen and oxygen atoms in total. The first-order valence-corrected chi connectivity index (χ1v) is 10.4. The first-order chi connectivity index (χ1) is 13.7. The lowest BCUT2D eigenvalue weighted by atomic mass is 10.1. The second-order valence-corrected chi connectivity index (χ2v) is 7.57. The highest BCUT2D eigenvalue weighted by molar-refractivity contribution is 7.09. The summed E-state index contributed by atoms with van der Waals surface area (Å²) >= 11 is 1.56. The lowest BCUT2D eigenvalue weighted by Gasteiger charge is -2.15. The summed E-state index contributed by atoms with van der Waals surface area (Å²) in [4.78, 5) is 22.8. The van der Waals surface area contributed by atoms with E-state index in [1.807, 2.05) is 39.9 Å². The minimum atomic E-state index is 0.240. The van der Waals surface area contributed by atoms with E-state index in [9.17, 15) is 4.79 Å². The normalized spacial score (nSPS) is 13.6. The van der Waals surface area contributed by atoms with Crippen molar-refractivity contribution in [3.05, 3.63) is 51.8 Å². The summed E-state index contributed by atoms with van der Waals surface area (Å²) < 4.78 is 5.91. The van der Waals surface area contributed by atoms with E-state index in [-0.39, 0.29) is 5.91 Å². The maximum absolute atomic E-state index is 11.7. The molecular weight excluding hydrogens is 370 g/mol. The molecule has 1 aliphatic heterocycles. The van der Waals surface area contributed by atoms with Gasteiger partial charge in [-0.2, -0.15) is 0 Å². The molecule has 6 heteroatoms. The van der Waals surface area contributed by atoms with Crippen molar-refractivity contribution in [3.63, 3.8) is 0 Å². The van der Waals surface area contributed by atoms with Crippen LogP contribution in [-0.4, -0.2) is 40.5 Å². The summed E-state index contributed by atoms with van der Waals surface area (Å²) in [6.45, 7) is 4.10. The Morgan fingerprint density at radius 1 is 1.14 bits per heavy atom. The van der Waals surface area contributed by atoms with Crippen LogP contribution in [0.25, 0.3) is 11.0 Å². The van der Waals surface area contributed by atoms with Crippen LogP contribution in [0.1, 0.15) is 36.1 Å². The monoisotopic (exact) mass is 391 g/mol. The number of nitrogens with zero attached hydrogens (tertiary/aromatic N) is 3. The first-order valence-electron chi connectivity index (χ1n) is 9.42. The molecule has 1 aromatic carbocycles. The minimum Gasteiger partial charge on any atom is -0.476 e. The van der Waals surface area contributed by atoms with Gasteiger partial charge < -0.3 is 9.64 Å². The van der Waals surface area contributed by atoms with Gasteiger partial charge in [0.1, 0.15) is 11.0 Å². The van der Waals surface area contributed by atoms with Crippen molar-refractivity contribution in [2.45, 2.75) is 26.2 Å². The third-order valence-corrected chi connectivity index (χ3v) is 5.36. The van der Waals surface area contributed by atoms with Crippen molar-refractivity contribution in [2.75, 3.05) is 19.7 Å². The minimum absolute atomic E-state index is 0.240. The Kier molecular flexibility index (Phi) is 5.54. The van der Waals surface area contributed by atoms with Crippen molar-refractivity contribution in [1.29, 1.82) is 0 Å². The lowest BCUT2D eigenvalue weighted by molar-refractivity contribution is -0.127. The van der Waals surface area contributed by atoms with E-state index >= 15 is 0 Å². The molecule has 2 aromatic heterocycles. The van der Waals surface area contributed by atoms with Gasteiger partial charge in [-0.3, -0.25) is 4.79 Å².